The van der Waals surface area contributed by atoms with E-state index in [-0.39, 0.29) is 0 Å². The molecule has 1 aliphatic carbocycles. The van der Waals surface area contributed by atoms with Gasteiger partial charge in [-0.2, -0.15) is 0 Å². The van der Waals surface area contributed by atoms with Crippen molar-refractivity contribution >= 4 is 34.1 Å². The van der Waals surface area contributed by atoms with Gasteiger partial charge in [-0.25, -0.2) is 4.98 Å². The Morgan fingerprint density at radius 2 is 1.90 bits per heavy atom. The molecular formula is C26H25N3. The number of nitrogens with zero attached hydrogens (tertiary/aromatic N) is 3. The maximum atomic E-state index is 5.16. The van der Waals surface area contributed by atoms with E-state index in [4.69, 9.17) is 4.98 Å². The molecular weight excluding hydrogens is 354 g/mol. The smallest absolute Gasteiger partial charge is 0.157 e. The molecule has 1 fully saturated rings. The van der Waals surface area contributed by atoms with Crippen molar-refractivity contribution in [2.45, 2.75) is 38.8 Å². The second kappa shape index (κ2) is 6.21. The lowest BCUT2D eigenvalue weighted by molar-refractivity contribution is 0.621. The second-order valence-corrected chi connectivity index (χ2v) is 8.55. The number of hydrogen-bond donors (Lipinski definition) is 0. The monoisotopic (exact) mass is 379 g/mol. The van der Waals surface area contributed by atoms with Crippen LogP contribution in [-0.2, 0) is 19.5 Å². The molecule has 2 aliphatic rings. The molecule has 2 aromatic carbocycles. The summed E-state index contributed by atoms with van der Waals surface area (Å²) in [7, 11) is 0. The largest absolute Gasteiger partial charge is 0.338 e. The number of aromatic nitrogens is 3. The normalized spacial score (nSPS) is 15.9. The molecule has 144 valence electrons. The molecule has 0 radical (unpaired) electrons. The highest BCUT2D eigenvalue weighted by Crippen LogP contribution is 2.38. The van der Waals surface area contributed by atoms with Crippen LogP contribution in [0.2, 0.25) is 0 Å². The van der Waals surface area contributed by atoms with Crippen molar-refractivity contribution in [1.29, 1.82) is 0 Å². The molecule has 0 unspecified atom stereocenters. The molecule has 1 aliphatic heterocycles. The van der Waals surface area contributed by atoms with E-state index in [0.717, 1.165) is 43.2 Å². The van der Waals surface area contributed by atoms with Gasteiger partial charge in [-0.05, 0) is 72.6 Å². The predicted octanol–water partition coefficient (Wildman–Crippen LogP) is 6.30. The minimum Gasteiger partial charge on any atom is -0.338 e. The Kier molecular flexibility index (Phi) is 3.61. The summed E-state index contributed by atoms with van der Waals surface area (Å²) in [6, 6.07) is 13.4. The fourth-order valence-electron chi connectivity index (χ4n) is 4.87. The van der Waals surface area contributed by atoms with Gasteiger partial charge in [0.25, 0.3) is 0 Å². The summed E-state index contributed by atoms with van der Waals surface area (Å²) in [6.07, 6.45) is 8.83. The number of benzene rings is 2. The third-order valence-electron chi connectivity index (χ3n) is 6.54. The molecule has 3 nitrogen and oxygen atoms in total. The van der Waals surface area contributed by atoms with Gasteiger partial charge in [0.1, 0.15) is 0 Å². The summed E-state index contributed by atoms with van der Waals surface area (Å²) < 4.78 is 4.96. The highest BCUT2D eigenvalue weighted by atomic mass is 15.1. The summed E-state index contributed by atoms with van der Waals surface area (Å²) >= 11 is 0. The molecule has 3 heteroatoms. The number of rotatable bonds is 5. The molecule has 0 amide bonds. The van der Waals surface area contributed by atoms with Gasteiger partial charge in [0.2, 0.25) is 0 Å². The van der Waals surface area contributed by atoms with Crippen molar-refractivity contribution < 1.29 is 0 Å². The Morgan fingerprint density at radius 3 is 2.69 bits per heavy atom. The fraction of sp³-hybridized carbons (Fsp3) is 0.269. The van der Waals surface area contributed by atoms with Gasteiger partial charge in [-0.15, -0.1) is 0 Å². The van der Waals surface area contributed by atoms with Gasteiger partial charge < -0.3 is 9.13 Å². The van der Waals surface area contributed by atoms with Crippen molar-refractivity contribution in [3.05, 3.63) is 66.2 Å². The van der Waals surface area contributed by atoms with E-state index in [2.05, 4.69) is 58.7 Å². The van der Waals surface area contributed by atoms with Crippen molar-refractivity contribution in [3.8, 4) is 11.5 Å². The molecule has 2 aromatic heterocycles. The van der Waals surface area contributed by atoms with Crippen LogP contribution in [0.5, 0.6) is 0 Å². The summed E-state index contributed by atoms with van der Waals surface area (Å²) in [5.41, 5.74) is 8.70. The van der Waals surface area contributed by atoms with Crippen LogP contribution >= 0.6 is 0 Å². The van der Waals surface area contributed by atoms with Crippen LogP contribution in [0.15, 0.2) is 49.6 Å². The zero-order chi connectivity index (χ0) is 19.5. The number of fused-ring (bicyclic) bond motifs is 1. The fourth-order valence-corrected chi connectivity index (χ4v) is 4.87. The quantitative estimate of drug-likeness (QED) is 0.399. The van der Waals surface area contributed by atoms with Crippen molar-refractivity contribution in [2.24, 2.45) is 5.92 Å². The van der Waals surface area contributed by atoms with Crippen molar-refractivity contribution in [2.75, 3.05) is 0 Å². The van der Waals surface area contributed by atoms with Crippen LogP contribution in [0.25, 0.3) is 45.6 Å². The third-order valence-corrected chi connectivity index (χ3v) is 6.54. The SMILES string of the molecule is C=Cc1cc2c3c(c1)nc(-c1cc4ccc(C=C)cc4n1CC1CC1)n3CCC2. The van der Waals surface area contributed by atoms with Gasteiger partial charge in [-0.1, -0.05) is 37.4 Å². The van der Waals surface area contributed by atoms with Gasteiger partial charge in [-0.3, -0.25) is 0 Å². The molecule has 0 spiro atoms. The highest BCUT2D eigenvalue weighted by molar-refractivity contribution is 5.91. The standard InChI is InChI=1S/C26H25N3/c1-3-17-9-10-20-15-24(29(23(20)14-17)16-19-7-8-19)26-27-22-13-18(4-2)12-21-6-5-11-28(26)25(21)22/h3-4,9-10,12-15,19H,1-2,5-8,11,16H2. The van der Waals surface area contributed by atoms with E-state index in [1.165, 1.54) is 51.6 Å². The first-order valence-corrected chi connectivity index (χ1v) is 10.7. The first-order chi connectivity index (χ1) is 14.2. The predicted molar refractivity (Wildman–Crippen MR) is 122 cm³/mol. The zero-order valence-corrected chi connectivity index (χ0v) is 16.7. The second-order valence-electron chi connectivity index (χ2n) is 8.55. The average Bonchev–Trinajstić information content (AvgIpc) is 3.41. The molecule has 1 saturated carbocycles. The minimum atomic E-state index is 0.797. The number of hydrogen-bond acceptors (Lipinski definition) is 1. The van der Waals surface area contributed by atoms with E-state index >= 15 is 0 Å². The minimum absolute atomic E-state index is 0.797. The Hall–Kier alpha value is -3.07. The summed E-state index contributed by atoms with van der Waals surface area (Å²) in [4.78, 5) is 5.16. The van der Waals surface area contributed by atoms with Crippen molar-refractivity contribution in [1.82, 2.24) is 14.1 Å². The first-order valence-electron chi connectivity index (χ1n) is 10.7. The average molecular weight is 380 g/mol. The Morgan fingerprint density at radius 1 is 1.03 bits per heavy atom. The van der Waals surface area contributed by atoms with Crippen LogP contribution in [0.4, 0.5) is 0 Å². The summed E-state index contributed by atoms with van der Waals surface area (Å²) in [5.74, 6) is 1.91. The van der Waals surface area contributed by atoms with E-state index in [1.807, 2.05) is 12.2 Å². The molecule has 0 N–H and O–H groups in total. The summed E-state index contributed by atoms with van der Waals surface area (Å²) in [6.45, 7) is 10.0. The Bertz CT molecular complexity index is 1300. The zero-order valence-electron chi connectivity index (χ0n) is 16.7. The van der Waals surface area contributed by atoms with Gasteiger partial charge in [0.15, 0.2) is 5.82 Å². The molecule has 0 saturated heterocycles. The molecule has 0 bridgehead atoms. The number of imidazole rings is 1. The molecule has 3 heterocycles. The van der Waals surface area contributed by atoms with E-state index in [0.29, 0.717) is 0 Å². The van der Waals surface area contributed by atoms with Crippen LogP contribution in [0.1, 0.15) is 36.0 Å². The van der Waals surface area contributed by atoms with Crippen LogP contribution in [0, 0.1) is 5.92 Å². The lowest BCUT2D eigenvalue weighted by Gasteiger charge is -2.18. The maximum absolute atomic E-state index is 5.16. The van der Waals surface area contributed by atoms with Crippen LogP contribution < -0.4 is 0 Å². The van der Waals surface area contributed by atoms with E-state index in [1.54, 1.807) is 0 Å². The Labute approximate surface area is 171 Å². The Balaban J connectivity index is 1.64. The third kappa shape index (κ3) is 2.61. The van der Waals surface area contributed by atoms with Gasteiger partial charge in [0.05, 0.1) is 16.7 Å². The highest BCUT2D eigenvalue weighted by Gasteiger charge is 2.27. The number of aryl methyl sites for hydroxylation is 2. The first kappa shape index (κ1) is 16.8. The van der Waals surface area contributed by atoms with Crippen LogP contribution in [-0.4, -0.2) is 14.1 Å². The summed E-state index contributed by atoms with van der Waals surface area (Å²) in [5, 5.41) is 1.29. The molecule has 4 aromatic rings. The lowest BCUT2D eigenvalue weighted by Crippen LogP contribution is -2.11. The van der Waals surface area contributed by atoms with Crippen LogP contribution in [0.3, 0.4) is 0 Å². The topological polar surface area (TPSA) is 22.8 Å². The van der Waals surface area contributed by atoms with E-state index < -0.39 is 0 Å². The van der Waals surface area contributed by atoms with Gasteiger partial charge in [0, 0.05) is 24.0 Å². The van der Waals surface area contributed by atoms with E-state index in [9.17, 15) is 0 Å². The molecule has 0 atom stereocenters. The lowest BCUT2D eigenvalue weighted by atomic mass is 10.0. The molecule has 6 rings (SSSR count). The maximum Gasteiger partial charge on any atom is 0.157 e. The van der Waals surface area contributed by atoms with Crippen molar-refractivity contribution in [3.63, 3.8) is 0 Å². The van der Waals surface area contributed by atoms with Gasteiger partial charge >= 0.3 is 0 Å². The molecule has 29 heavy (non-hydrogen) atoms.